The highest BCUT2D eigenvalue weighted by molar-refractivity contribution is 7.13. The lowest BCUT2D eigenvalue weighted by Gasteiger charge is -2.21. The number of hydrogen-bond acceptors (Lipinski definition) is 6. The van der Waals surface area contributed by atoms with Gasteiger partial charge in [0.25, 0.3) is 0 Å². The zero-order valence-corrected chi connectivity index (χ0v) is 16.4. The Morgan fingerprint density at radius 1 is 0.963 bits per heavy atom. The molecule has 0 saturated heterocycles. The first-order chi connectivity index (χ1) is 13.2. The predicted octanol–water partition coefficient (Wildman–Crippen LogP) is 4.82. The number of hydrogen-bond donors (Lipinski definition) is 0. The molecule has 2 heterocycles. The van der Waals surface area contributed by atoms with E-state index in [1.54, 1.807) is 25.6 Å². The molecule has 1 aliphatic heterocycles. The molecule has 0 aliphatic carbocycles. The van der Waals surface area contributed by atoms with E-state index in [9.17, 15) is 0 Å². The fourth-order valence-corrected chi connectivity index (χ4v) is 3.98. The summed E-state index contributed by atoms with van der Waals surface area (Å²) in [5.41, 5.74) is 4.35. The van der Waals surface area contributed by atoms with E-state index in [1.807, 2.05) is 36.2 Å². The summed E-state index contributed by atoms with van der Waals surface area (Å²) in [7, 11) is 3.36. The predicted molar refractivity (Wildman–Crippen MR) is 109 cm³/mol. The number of nitrogens with zero attached hydrogens (tertiary/aromatic N) is 3. The standard InChI is InChI=1S/C21H21N3O2S/c1-14-13-27-21(22-14)24-20(16-6-10-18(26-3)11-7-16)12-19(23-24)15-4-8-17(25-2)9-5-15/h4-11,13,20H,12H2,1-3H3/t20-/m1/s1. The minimum atomic E-state index is 0.110. The molecule has 5 nitrogen and oxygen atoms in total. The van der Waals surface area contributed by atoms with Gasteiger partial charge < -0.3 is 9.47 Å². The molecule has 0 radical (unpaired) electrons. The number of benzene rings is 2. The van der Waals surface area contributed by atoms with Gasteiger partial charge in [0, 0.05) is 11.8 Å². The van der Waals surface area contributed by atoms with Gasteiger partial charge in [0.1, 0.15) is 11.5 Å². The summed E-state index contributed by atoms with van der Waals surface area (Å²) in [6, 6.07) is 16.3. The first kappa shape index (κ1) is 17.5. The van der Waals surface area contributed by atoms with Gasteiger partial charge in [-0.3, -0.25) is 0 Å². The molecule has 0 unspecified atom stereocenters. The van der Waals surface area contributed by atoms with Crippen LogP contribution in [0.25, 0.3) is 0 Å². The van der Waals surface area contributed by atoms with Gasteiger partial charge in [-0.25, -0.2) is 9.99 Å². The van der Waals surface area contributed by atoms with Crippen LogP contribution in [0.3, 0.4) is 0 Å². The van der Waals surface area contributed by atoms with E-state index < -0.39 is 0 Å². The average Bonchev–Trinajstić information content (AvgIpc) is 3.34. The molecule has 0 bridgehead atoms. The van der Waals surface area contributed by atoms with Crippen LogP contribution >= 0.6 is 11.3 Å². The third-order valence-corrected chi connectivity index (χ3v) is 5.59. The lowest BCUT2D eigenvalue weighted by atomic mass is 9.98. The molecule has 0 saturated carbocycles. The molecule has 3 aromatic rings. The Bertz CT molecular complexity index is 948. The Labute approximate surface area is 162 Å². The van der Waals surface area contributed by atoms with E-state index in [0.29, 0.717) is 0 Å². The third-order valence-electron chi connectivity index (χ3n) is 4.64. The van der Waals surface area contributed by atoms with Crippen molar-refractivity contribution in [2.45, 2.75) is 19.4 Å². The van der Waals surface area contributed by atoms with Gasteiger partial charge in [-0.1, -0.05) is 12.1 Å². The van der Waals surface area contributed by atoms with Gasteiger partial charge in [-0.2, -0.15) is 5.10 Å². The van der Waals surface area contributed by atoms with Crippen LogP contribution in [0.15, 0.2) is 59.0 Å². The number of thiazole rings is 1. The van der Waals surface area contributed by atoms with Crippen molar-refractivity contribution in [2.24, 2.45) is 5.10 Å². The van der Waals surface area contributed by atoms with E-state index in [1.165, 1.54) is 5.56 Å². The Hall–Kier alpha value is -2.86. The first-order valence-electron chi connectivity index (χ1n) is 8.75. The summed E-state index contributed by atoms with van der Waals surface area (Å²) in [5, 5.41) is 9.93. The summed E-state index contributed by atoms with van der Waals surface area (Å²) < 4.78 is 10.6. The van der Waals surface area contributed by atoms with Gasteiger partial charge in [-0.15, -0.1) is 11.3 Å². The highest BCUT2D eigenvalue weighted by Crippen LogP contribution is 2.38. The zero-order valence-electron chi connectivity index (χ0n) is 15.5. The van der Waals surface area contributed by atoms with Crippen LogP contribution in [0, 0.1) is 6.92 Å². The van der Waals surface area contributed by atoms with Gasteiger partial charge in [0.15, 0.2) is 0 Å². The van der Waals surface area contributed by atoms with Crippen molar-refractivity contribution in [3.8, 4) is 11.5 Å². The maximum Gasteiger partial charge on any atom is 0.206 e. The third kappa shape index (κ3) is 3.53. The van der Waals surface area contributed by atoms with Crippen LogP contribution in [0.5, 0.6) is 11.5 Å². The largest absolute Gasteiger partial charge is 0.497 e. The Morgan fingerprint density at radius 2 is 1.59 bits per heavy atom. The number of aryl methyl sites for hydroxylation is 1. The summed E-state index contributed by atoms with van der Waals surface area (Å²) in [6.45, 7) is 2.01. The lowest BCUT2D eigenvalue weighted by molar-refractivity contribution is 0.414. The van der Waals surface area contributed by atoms with Gasteiger partial charge in [0.2, 0.25) is 5.13 Å². The molecular formula is C21H21N3O2S. The number of rotatable bonds is 5. The normalized spacial score (nSPS) is 16.3. The second-order valence-electron chi connectivity index (χ2n) is 6.38. The number of ether oxygens (including phenoxy) is 2. The van der Waals surface area contributed by atoms with Crippen LogP contribution in [-0.4, -0.2) is 24.9 Å². The molecule has 1 atom stereocenters. The Kier molecular flexibility index (Phi) is 4.81. The minimum absolute atomic E-state index is 0.110. The Balaban J connectivity index is 1.69. The van der Waals surface area contributed by atoms with E-state index in [-0.39, 0.29) is 6.04 Å². The molecule has 4 rings (SSSR count). The molecule has 138 valence electrons. The average molecular weight is 379 g/mol. The number of methoxy groups -OCH3 is 2. The smallest absolute Gasteiger partial charge is 0.206 e. The van der Waals surface area contributed by atoms with Crippen molar-refractivity contribution in [1.29, 1.82) is 0 Å². The van der Waals surface area contributed by atoms with Gasteiger partial charge >= 0.3 is 0 Å². The van der Waals surface area contributed by atoms with Crippen LogP contribution in [0.1, 0.15) is 29.3 Å². The molecule has 2 aromatic carbocycles. The molecule has 1 aliphatic rings. The van der Waals surface area contributed by atoms with E-state index in [2.05, 4.69) is 34.6 Å². The van der Waals surface area contributed by atoms with Gasteiger partial charge in [0.05, 0.1) is 31.7 Å². The highest BCUT2D eigenvalue weighted by Gasteiger charge is 2.31. The second-order valence-corrected chi connectivity index (χ2v) is 7.22. The topological polar surface area (TPSA) is 47.0 Å². The van der Waals surface area contributed by atoms with Crippen LogP contribution < -0.4 is 14.5 Å². The van der Waals surface area contributed by atoms with Crippen LogP contribution in [-0.2, 0) is 0 Å². The fraction of sp³-hybridized carbons (Fsp3) is 0.238. The van der Waals surface area contributed by atoms with Crippen molar-refractivity contribution < 1.29 is 9.47 Å². The first-order valence-corrected chi connectivity index (χ1v) is 9.63. The molecule has 1 aromatic heterocycles. The van der Waals surface area contributed by atoms with Crippen molar-refractivity contribution >= 4 is 22.2 Å². The van der Waals surface area contributed by atoms with Crippen LogP contribution in [0.4, 0.5) is 5.13 Å². The highest BCUT2D eigenvalue weighted by atomic mass is 32.1. The summed E-state index contributed by atoms with van der Waals surface area (Å²) in [6.07, 6.45) is 0.817. The summed E-state index contributed by atoms with van der Waals surface area (Å²) in [4.78, 5) is 4.65. The van der Waals surface area contributed by atoms with Crippen molar-refractivity contribution in [1.82, 2.24) is 4.98 Å². The van der Waals surface area contributed by atoms with E-state index in [0.717, 1.165) is 40.0 Å². The molecule has 0 N–H and O–H groups in total. The molecular weight excluding hydrogens is 358 g/mol. The maximum absolute atomic E-state index is 5.29. The zero-order chi connectivity index (χ0) is 18.8. The molecule has 0 amide bonds. The number of aromatic nitrogens is 1. The van der Waals surface area contributed by atoms with Crippen LogP contribution in [0.2, 0.25) is 0 Å². The molecule has 27 heavy (non-hydrogen) atoms. The number of hydrazone groups is 1. The van der Waals surface area contributed by atoms with Crippen molar-refractivity contribution in [2.75, 3.05) is 19.2 Å². The molecule has 6 heteroatoms. The summed E-state index contributed by atoms with van der Waals surface area (Å²) in [5.74, 6) is 1.70. The molecule has 0 fully saturated rings. The monoisotopic (exact) mass is 379 g/mol. The lowest BCUT2D eigenvalue weighted by Crippen LogP contribution is -2.18. The van der Waals surface area contributed by atoms with E-state index >= 15 is 0 Å². The van der Waals surface area contributed by atoms with E-state index in [4.69, 9.17) is 14.6 Å². The second kappa shape index (κ2) is 7.40. The minimum Gasteiger partial charge on any atom is -0.497 e. The summed E-state index contributed by atoms with van der Waals surface area (Å²) >= 11 is 1.62. The maximum atomic E-state index is 5.29. The Morgan fingerprint density at radius 3 is 2.15 bits per heavy atom. The number of anilines is 1. The van der Waals surface area contributed by atoms with Crippen molar-refractivity contribution in [3.05, 3.63) is 70.7 Å². The van der Waals surface area contributed by atoms with Crippen molar-refractivity contribution in [3.63, 3.8) is 0 Å². The SMILES string of the molecule is COc1ccc(C2=NN(c3nc(C)cs3)[C@@H](c3ccc(OC)cc3)C2)cc1. The molecule has 0 spiro atoms. The van der Waals surface area contributed by atoms with Gasteiger partial charge in [-0.05, 0) is 54.4 Å². The fourth-order valence-electron chi connectivity index (χ4n) is 3.18. The quantitative estimate of drug-likeness (QED) is 0.637.